The highest BCUT2D eigenvalue weighted by Gasteiger charge is 2.27. The average molecular weight is 517 g/mol. The van der Waals surface area contributed by atoms with Gasteiger partial charge in [0.15, 0.2) is 5.11 Å². The zero-order valence-corrected chi connectivity index (χ0v) is 21.2. The molecule has 0 bridgehead atoms. The van der Waals surface area contributed by atoms with Crippen molar-refractivity contribution in [1.29, 1.82) is 0 Å². The van der Waals surface area contributed by atoms with Crippen LogP contribution in [-0.4, -0.2) is 54.3 Å². The molecule has 10 heteroatoms. The predicted octanol–water partition coefficient (Wildman–Crippen LogP) is 3.53. The molecule has 0 aliphatic heterocycles. The van der Waals surface area contributed by atoms with Crippen LogP contribution in [0.2, 0.25) is 0 Å². The van der Waals surface area contributed by atoms with Crippen molar-refractivity contribution in [2.24, 2.45) is 0 Å². The molecule has 1 N–H and O–H groups in total. The molecule has 1 heterocycles. The van der Waals surface area contributed by atoms with Gasteiger partial charge in [-0.2, -0.15) is 0 Å². The second kappa shape index (κ2) is 11.3. The van der Waals surface area contributed by atoms with Crippen LogP contribution in [0, 0.1) is 5.82 Å². The van der Waals surface area contributed by atoms with Crippen LogP contribution in [0.15, 0.2) is 66.0 Å². The fraction of sp³-hybridized carbons (Fsp3) is 0.360. The molecule has 2 aromatic carbocycles. The molecule has 4 rings (SSSR count). The van der Waals surface area contributed by atoms with Crippen molar-refractivity contribution in [1.82, 2.24) is 19.8 Å². The molecule has 1 aliphatic rings. The van der Waals surface area contributed by atoms with Gasteiger partial charge in [0.2, 0.25) is 15.0 Å². The Kier molecular flexibility index (Phi) is 8.15. The van der Waals surface area contributed by atoms with Gasteiger partial charge in [0.25, 0.3) is 0 Å². The molecule has 1 fully saturated rings. The lowest BCUT2D eigenvalue weighted by Crippen LogP contribution is -2.42. The normalized spacial score (nSPS) is 13.5. The van der Waals surface area contributed by atoms with Gasteiger partial charge in [0, 0.05) is 19.7 Å². The number of hydrogen-bond acceptors (Lipinski definition) is 5. The Morgan fingerprint density at radius 1 is 1.17 bits per heavy atom. The van der Waals surface area contributed by atoms with Crippen LogP contribution in [-0.2, 0) is 33.4 Å². The van der Waals surface area contributed by atoms with E-state index in [9.17, 15) is 12.8 Å². The molecular formula is C25H29FN4O3S2. The van der Waals surface area contributed by atoms with Crippen molar-refractivity contribution in [3.05, 3.63) is 83.4 Å². The van der Waals surface area contributed by atoms with Crippen molar-refractivity contribution in [2.45, 2.75) is 42.9 Å². The van der Waals surface area contributed by atoms with E-state index in [4.69, 9.17) is 17.0 Å². The maximum absolute atomic E-state index is 13.4. The second-order valence-corrected chi connectivity index (χ2v) is 10.9. The fourth-order valence-electron chi connectivity index (χ4n) is 3.71. The highest BCUT2D eigenvalue weighted by molar-refractivity contribution is 7.90. The number of rotatable bonds is 11. The summed E-state index contributed by atoms with van der Waals surface area (Å²) in [5, 5.41) is 3.95. The number of benzene rings is 2. The molecule has 1 aliphatic carbocycles. The summed E-state index contributed by atoms with van der Waals surface area (Å²) in [5.74, 6) is -0.681. The summed E-state index contributed by atoms with van der Waals surface area (Å²) in [6, 6.07) is 15.5. The third-order valence-corrected chi connectivity index (χ3v) is 7.72. The number of nitrogens with zero attached hydrogens (tertiary/aromatic N) is 3. The van der Waals surface area contributed by atoms with Gasteiger partial charge in [0.1, 0.15) is 5.82 Å². The summed E-state index contributed by atoms with van der Waals surface area (Å²) >= 11 is 5.64. The van der Waals surface area contributed by atoms with Crippen LogP contribution in [0.3, 0.4) is 0 Å². The standard InChI is InChI=1S/C25H29FN4O3S2/c1-33-14-13-29(24(34)28-22-11-12-22)17-23-15-27-25(30(23)16-19-5-3-2-4-6-19)35(31,32)18-20-7-9-21(26)10-8-20/h2-10,15,22H,11-14,16-18H2,1H3,(H,28,34). The van der Waals surface area contributed by atoms with E-state index in [1.165, 1.54) is 24.3 Å². The molecule has 1 saturated carbocycles. The summed E-state index contributed by atoms with van der Waals surface area (Å²) in [4.78, 5) is 6.32. The van der Waals surface area contributed by atoms with E-state index in [1.807, 2.05) is 35.2 Å². The number of imidazole rings is 1. The minimum absolute atomic E-state index is 0.0200. The molecule has 0 unspecified atom stereocenters. The van der Waals surface area contributed by atoms with Gasteiger partial charge in [-0.3, -0.25) is 0 Å². The maximum Gasteiger partial charge on any atom is 0.228 e. The lowest BCUT2D eigenvalue weighted by Gasteiger charge is -2.26. The molecule has 0 radical (unpaired) electrons. The van der Waals surface area contributed by atoms with E-state index in [0.717, 1.165) is 24.1 Å². The van der Waals surface area contributed by atoms with E-state index in [-0.39, 0.29) is 10.9 Å². The van der Waals surface area contributed by atoms with Crippen molar-refractivity contribution >= 4 is 27.2 Å². The van der Waals surface area contributed by atoms with Gasteiger partial charge in [-0.25, -0.2) is 17.8 Å². The molecule has 35 heavy (non-hydrogen) atoms. The highest BCUT2D eigenvalue weighted by atomic mass is 32.2. The molecule has 7 nitrogen and oxygen atoms in total. The topological polar surface area (TPSA) is 76.5 Å². The van der Waals surface area contributed by atoms with Gasteiger partial charge in [0.05, 0.1) is 37.3 Å². The van der Waals surface area contributed by atoms with Crippen LogP contribution < -0.4 is 5.32 Å². The van der Waals surface area contributed by atoms with Crippen molar-refractivity contribution in [3.63, 3.8) is 0 Å². The monoisotopic (exact) mass is 516 g/mol. The van der Waals surface area contributed by atoms with Gasteiger partial charge in [-0.1, -0.05) is 42.5 Å². The van der Waals surface area contributed by atoms with Gasteiger partial charge < -0.3 is 19.5 Å². The molecule has 1 aromatic heterocycles. The summed E-state index contributed by atoms with van der Waals surface area (Å²) < 4.78 is 47.1. The smallest absolute Gasteiger partial charge is 0.228 e. The Morgan fingerprint density at radius 3 is 2.54 bits per heavy atom. The molecule has 186 valence electrons. The van der Waals surface area contributed by atoms with Crippen LogP contribution >= 0.6 is 12.2 Å². The first kappa shape index (κ1) is 25.3. The SMILES string of the molecule is COCCN(Cc1cnc(S(=O)(=O)Cc2ccc(F)cc2)n1Cc1ccccc1)C(=S)NC1CC1. The zero-order valence-electron chi connectivity index (χ0n) is 19.6. The Morgan fingerprint density at radius 2 is 1.89 bits per heavy atom. The average Bonchev–Trinajstić information content (AvgIpc) is 3.57. The van der Waals surface area contributed by atoms with Gasteiger partial charge in [-0.15, -0.1) is 0 Å². The lowest BCUT2D eigenvalue weighted by atomic mass is 10.2. The predicted molar refractivity (Wildman–Crippen MR) is 136 cm³/mol. The van der Waals surface area contributed by atoms with E-state index < -0.39 is 15.7 Å². The Labute approximate surface area is 210 Å². The van der Waals surface area contributed by atoms with Crippen molar-refractivity contribution < 1.29 is 17.5 Å². The summed E-state index contributed by atoms with van der Waals surface area (Å²) in [5.41, 5.74) is 2.17. The summed E-state index contributed by atoms with van der Waals surface area (Å²) in [6.07, 6.45) is 3.78. The summed E-state index contributed by atoms with van der Waals surface area (Å²) in [6.45, 7) is 1.77. The number of thiocarbonyl (C=S) groups is 1. The number of ether oxygens (including phenoxy) is 1. The van der Waals surface area contributed by atoms with Crippen LogP contribution in [0.1, 0.15) is 29.7 Å². The number of sulfone groups is 1. The zero-order chi connectivity index (χ0) is 24.8. The van der Waals surface area contributed by atoms with Crippen molar-refractivity contribution in [3.8, 4) is 0 Å². The minimum atomic E-state index is -3.80. The first-order valence-corrected chi connectivity index (χ1v) is 13.5. The lowest BCUT2D eigenvalue weighted by molar-refractivity contribution is 0.173. The molecule has 0 saturated heterocycles. The van der Waals surface area contributed by atoms with Crippen LogP contribution in [0.4, 0.5) is 4.39 Å². The first-order valence-electron chi connectivity index (χ1n) is 11.5. The van der Waals surface area contributed by atoms with E-state index in [2.05, 4.69) is 10.3 Å². The number of methoxy groups -OCH3 is 1. The van der Waals surface area contributed by atoms with Crippen molar-refractivity contribution in [2.75, 3.05) is 20.3 Å². The maximum atomic E-state index is 13.4. The Hall–Kier alpha value is -2.82. The molecule has 0 spiro atoms. The number of halogens is 1. The number of nitrogens with one attached hydrogen (secondary N) is 1. The molecule has 0 atom stereocenters. The molecular weight excluding hydrogens is 487 g/mol. The highest BCUT2D eigenvalue weighted by Crippen LogP contribution is 2.22. The Bertz CT molecular complexity index is 1240. The van der Waals surface area contributed by atoms with Crippen LogP contribution in [0.25, 0.3) is 0 Å². The minimum Gasteiger partial charge on any atom is -0.383 e. The first-order chi connectivity index (χ1) is 16.9. The van der Waals surface area contributed by atoms with Gasteiger partial charge in [-0.05, 0) is 48.3 Å². The van der Waals surface area contributed by atoms with E-state index >= 15 is 0 Å². The quantitative estimate of drug-likeness (QED) is 0.391. The van der Waals surface area contributed by atoms with Gasteiger partial charge >= 0.3 is 0 Å². The number of hydrogen-bond donors (Lipinski definition) is 1. The second-order valence-electron chi connectivity index (χ2n) is 8.63. The van der Waals surface area contributed by atoms with Crippen LogP contribution in [0.5, 0.6) is 0 Å². The third kappa shape index (κ3) is 6.87. The Balaban J connectivity index is 1.65. The number of aromatic nitrogens is 2. The molecule has 3 aromatic rings. The molecule has 0 amide bonds. The largest absolute Gasteiger partial charge is 0.383 e. The fourth-order valence-corrected chi connectivity index (χ4v) is 5.52. The van der Waals surface area contributed by atoms with E-state index in [0.29, 0.717) is 43.0 Å². The van der Waals surface area contributed by atoms with E-state index in [1.54, 1.807) is 17.9 Å². The third-order valence-electron chi connectivity index (χ3n) is 5.74. The summed E-state index contributed by atoms with van der Waals surface area (Å²) in [7, 11) is -2.17.